The molecule has 1 aliphatic rings. The predicted octanol–water partition coefficient (Wildman–Crippen LogP) is 3.64. The molecule has 3 aromatic carbocycles. The van der Waals surface area contributed by atoms with Crippen LogP contribution in [0.1, 0.15) is 12.8 Å². The van der Waals surface area contributed by atoms with E-state index in [1.54, 1.807) is 12.1 Å². The van der Waals surface area contributed by atoms with Crippen LogP contribution in [0.25, 0.3) is 10.8 Å². The molecule has 1 fully saturated rings. The third-order valence-electron chi connectivity index (χ3n) is 5.22. The highest BCUT2D eigenvalue weighted by Gasteiger charge is 2.39. The highest BCUT2D eigenvalue weighted by atomic mass is 32.2. The van der Waals surface area contributed by atoms with Gasteiger partial charge in [0.2, 0.25) is 15.9 Å². The van der Waals surface area contributed by atoms with Crippen LogP contribution in [0.4, 0.5) is 5.69 Å². The second-order valence-electron chi connectivity index (χ2n) is 6.97. The summed E-state index contributed by atoms with van der Waals surface area (Å²) in [5.74, 6) is 0.270. The Hall–Kier alpha value is -2.90. The lowest BCUT2D eigenvalue weighted by molar-refractivity contribution is -0.119. The van der Waals surface area contributed by atoms with Crippen molar-refractivity contribution in [2.24, 2.45) is 0 Å². The van der Waals surface area contributed by atoms with Gasteiger partial charge in [-0.25, -0.2) is 8.42 Å². The van der Waals surface area contributed by atoms with E-state index < -0.39 is 16.1 Å². The number of methoxy groups -OCH3 is 1. The molecular weight excluding hydrogens is 388 g/mol. The molecule has 0 aromatic heterocycles. The largest absolute Gasteiger partial charge is 0.497 e. The monoisotopic (exact) mass is 410 g/mol. The Kier molecular flexibility index (Phi) is 5.25. The van der Waals surface area contributed by atoms with Crippen molar-refractivity contribution in [3.05, 3.63) is 66.7 Å². The molecule has 0 aliphatic carbocycles. The van der Waals surface area contributed by atoms with Crippen LogP contribution in [0.15, 0.2) is 71.6 Å². The van der Waals surface area contributed by atoms with Gasteiger partial charge in [0.25, 0.3) is 0 Å². The van der Waals surface area contributed by atoms with Gasteiger partial charge in [-0.15, -0.1) is 0 Å². The zero-order valence-electron chi connectivity index (χ0n) is 16.0. The zero-order chi connectivity index (χ0) is 20.4. The minimum atomic E-state index is -3.78. The highest BCUT2D eigenvalue weighted by Crippen LogP contribution is 2.29. The van der Waals surface area contributed by atoms with Gasteiger partial charge in [-0.05, 0) is 48.6 Å². The van der Waals surface area contributed by atoms with E-state index >= 15 is 0 Å². The van der Waals surface area contributed by atoms with Crippen molar-refractivity contribution in [2.75, 3.05) is 19.0 Å². The number of nitrogens with one attached hydrogen (secondary N) is 1. The molecule has 0 unspecified atom stereocenters. The third kappa shape index (κ3) is 3.71. The molecule has 1 amide bonds. The van der Waals surface area contributed by atoms with Crippen LogP contribution in [0.2, 0.25) is 0 Å². The molecule has 1 aliphatic heterocycles. The van der Waals surface area contributed by atoms with E-state index in [9.17, 15) is 13.2 Å². The molecule has 29 heavy (non-hydrogen) atoms. The maximum atomic E-state index is 13.1. The quantitative estimate of drug-likeness (QED) is 0.697. The molecular formula is C22H22N2O4S. The summed E-state index contributed by atoms with van der Waals surface area (Å²) in [7, 11) is -2.25. The molecule has 0 radical (unpaired) electrons. The number of carbonyl (C=O) groups is 1. The summed E-state index contributed by atoms with van der Waals surface area (Å²) in [6, 6.07) is 18.9. The molecule has 150 valence electrons. The minimum Gasteiger partial charge on any atom is -0.497 e. The van der Waals surface area contributed by atoms with E-state index in [4.69, 9.17) is 4.74 Å². The van der Waals surface area contributed by atoms with Crippen LogP contribution in [-0.2, 0) is 14.8 Å². The van der Waals surface area contributed by atoms with E-state index in [1.807, 2.05) is 42.5 Å². The number of rotatable bonds is 5. The molecule has 6 nitrogen and oxygen atoms in total. The van der Waals surface area contributed by atoms with Gasteiger partial charge in [-0.1, -0.05) is 36.4 Å². The minimum absolute atomic E-state index is 0.156. The van der Waals surface area contributed by atoms with Crippen molar-refractivity contribution in [2.45, 2.75) is 23.8 Å². The number of anilines is 1. The standard InChI is InChI=1S/C22H22N2O4S/c1-28-17-11-13-18(14-12-17)29(26,27)24-15-5-10-21(24)22(25)23-20-9-4-7-16-6-2-3-8-19(16)20/h2-4,6-9,11-14,21H,5,10,15H2,1H3,(H,23,25)/t21-/m0/s1. The zero-order valence-corrected chi connectivity index (χ0v) is 16.9. The van der Waals surface area contributed by atoms with Gasteiger partial charge in [0, 0.05) is 17.6 Å². The van der Waals surface area contributed by atoms with Gasteiger partial charge in [-0.2, -0.15) is 4.31 Å². The first-order valence-corrected chi connectivity index (χ1v) is 10.9. The van der Waals surface area contributed by atoms with E-state index in [0.717, 1.165) is 10.8 Å². The number of hydrogen-bond donors (Lipinski definition) is 1. The van der Waals surface area contributed by atoms with Gasteiger partial charge < -0.3 is 10.1 Å². The molecule has 0 saturated carbocycles. The summed E-state index contributed by atoms with van der Waals surface area (Å²) in [6.45, 7) is 0.321. The van der Waals surface area contributed by atoms with Gasteiger partial charge in [-0.3, -0.25) is 4.79 Å². The summed E-state index contributed by atoms with van der Waals surface area (Å²) in [5, 5.41) is 4.87. The molecule has 3 aromatic rings. The van der Waals surface area contributed by atoms with Crippen molar-refractivity contribution < 1.29 is 17.9 Å². The normalized spacial score (nSPS) is 17.3. The Bertz CT molecular complexity index is 1140. The molecule has 0 spiro atoms. The maximum absolute atomic E-state index is 13.1. The number of amides is 1. The first-order valence-electron chi connectivity index (χ1n) is 9.45. The number of carbonyl (C=O) groups excluding carboxylic acids is 1. The Balaban J connectivity index is 1.59. The van der Waals surface area contributed by atoms with Crippen LogP contribution < -0.4 is 10.1 Å². The number of benzene rings is 3. The van der Waals surface area contributed by atoms with E-state index in [0.29, 0.717) is 30.8 Å². The number of sulfonamides is 1. The lowest BCUT2D eigenvalue weighted by atomic mass is 10.1. The molecule has 4 rings (SSSR count). The lowest BCUT2D eigenvalue weighted by Gasteiger charge is -2.23. The fraction of sp³-hybridized carbons (Fsp3) is 0.227. The number of hydrogen-bond acceptors (Lipinski definition) is 4. The lowest BCUT2D eigenvalue weighted by Crippen LogP contribution is -2.43. The number of ether oxygens (including phenoxy) is 1. The topological polar surface area (TPSA) is 75.7 Å². The highest BCUT2D eigenvalue weighted by molar-refractivity contribution is 7.89. The van der Waals surface area contributed by atoms with E-state index in [2.05, 4.69) is 5.32 Å². The molecule has 1 N–H and O–H groups in total. The van der Waals surface area contributed by atoms with Crippen LogP contribution in [-0.4, -0.2) is 38.3 Å². The van der Waals surface area contributed by atoms with Crippen molar-refractivity contribution in [3.8, 4) is 5.75 Å². The van der Waals surface area contributed by atoms with E-state index in [1.165, 1.54) is 23.5 Å². The Morgan fingerprint density at radius 3 is 2.52 bits per heavy atom. The summed E-state index contributed by atoms with van der Waals surface area (Å²) < 4.78 is 32.6. The van der Waals surface area contributed by atoms with Gasteiger partial charge in [0.1, 0.15) is 11.8 Å². The average Bonchev–Trinajstić information content (AvgIpc) is 3.25. The van der Waals surface area contributed by atoms with Crippen LogP contribution in [0, 0.1) is 0 Å². The summed E-state index contributed by atoms with van der Waals surface area (Å²) in [5.41, 5.74) is 0.682. The van der Waals surface area contributed by atoms with Gasteiger partial charge in [0.15, 0.2) is 0 Å². The molecule has 1 saturated heterocycles. The SMILES string of the molecule is COc1ccc(S(=O)(=O)N2CCC[C@H]2C(=O)Nc2cccc3ccccc23)cc1. The second kappa shape index (κ2) is 7.85. The smallest absolute Gasteiger partial charge is 0.243 e. The van der Waals surface area contributed by atoms with E-state index in [-0.39, 0.29) is 10.8 Å². The summed E-state index contributed by atoms with van der Waals surface area (Å²) >= 11 is 0. The fourth-order valence-corrected chi connectivity index (χ4v) is 5.38. The van der Waals surface area contributed by atoms with Crippen molar-refractivity contribution in [1.29, 1.82) is 0 Å². The Labute approximate surface area is 170 Å². The first-order chi connectivity index (χ1) is 14.0. The third-order valence-corrected chi connectivity index (χ3v) is 7.14. The summed E-state index contributed by atoms with van der Waals surface area (Å²) in [6.07, 6.45) is 1.13. The Morgan fingerprint density at radius 1 is 1.03 bits per heavy atom. The first kappa shape index (κ1) is 19.4. The summed E-state index contributed by atoms with van der Waals surface area (Å²) in [4.78, 5) is 13.2. The molecule has 1 atom stereocenters. The number of nitrogens with zero attached hydrogens (tertiary/aromatic N) is 1. The Morgan fingerprint density at radius 2 is 1.76 bits per heavy atom. The van der Waals surface area contributed by atoms with Crippen molar-refractivity contribution in [1.82, 2.24) is 4.31 Å². The molecule has 7 heteroatoms. The molecule has 0 bridgehead atoms. The van der Waals surface area contributed by atoms with Crippen LogP contribution >= 0.6 is 0 Å². The van der Waals surface area contributed by atoms with Crippen LogP contribution in [0.3, 0.4) is 0 Å². The van der Waals surface area contributed by atoms with Crippen molar-refractivity contribution >= 4 is 32.4 Å². The van der Waals surface area contributed by atoms with Crippen LogP contribution in [0.5, 0.6) is 5.75 Å². The maximum Gasteiger partial charge on any atom is 0.243 e. The molecule has 1 heterocycles. The predicted molar refractivity (Wildman–Crippen MR) is 112 cm³/mol. The average molecular weight is 410 g/mol. The van der Waals surface area contributed by atoms with Gasteiger partial charge >= 0.3 is 0 Å². The number of fused-ring (bicyclic) bond motifs is 1. The second-order valence-corrected chi connectivity index (χ2v) is 8.86. The van der Waals surface area contributed by atoms with Crippen molar-refractivity contribution in [3.63, 3.8) is 0 Å². The van der Waals surface area contributed by atoms with Gasteiger partial charge in [0.05, 0.1) is 12.0 Å². The fourth-order valence-electron chi connectivity index (χ4n) is 3.72.